The number of hydrogen-bond acceptors (Lipinski definition) is 4. The van der Waals surface area contributed by atoms with Crippen molar-refractivity contribution in [1.29, 1.82) is 0 Å². The molecule has 0 N–H and O–H groups in total. The van der Waals surface area contributed by atoms with Crippen molar-refractivity contribution >= 4 is 10.9 Å². The molecule has 1 aromatic carbocycles. The summed E-state index contributed by atoms with van der Waals surface area (Å²) in [5.41, 5.74) is 3.95. The van der Waals surface area contributed by atoms with E-state index in [1.54, 1.807) is 6.20 Å². The van der Waals surface area contributed by atoms with E-state index in [0.29, 0.717) is 11.7 Å². The molecule has 5 nitrogen and oxygen atoms in total. The van der Waals surface area contributed by atoms with Crippen LogP contribution in [-0.2, 0) is 4.74 Å². The Hall–Kier alpha value is -2.27. The number of hydrogen-bond donors (Lipinski definition) is 0. The molecule has 1 saturated heterocycles. The van der Waals surface area contributed by atoms with Crippen LogP contribution in [0.5, 0.6) is 0 Å². The maximum Gasteiger partial charge on any atom is 0.180 e. The second-order valence-corrected chi connectivity index (χ2v) is 7.15. The van der Waals surface area contributed by atoms with Gasteiger partial charge in [-0.25, -0.2) is 14.6 Å². The molecule has 2 aliphatic rings. The lowest BCUT2D eigenvalue weighted by Crippen LogP contribution is -2.19. The number of fused-ring (bicyclic) bond motifs is 1. The van der Waals surface area contributed by atoms with Gasteiger partial charge in [-0.2, -0.15) is 5.10 Å². The summed E-state index contributed by atoms with van der Waals surface area (Å²) in [5, 5.41) is 5.92. The smallest absolute Gasteiger partial charge is 0.180 e. The van der Waals surface area contributed by atoms with E-state index in [1.807, 2.05) is 11.6 Å². The van der Waals surface area contributed by atoms with Crippen molar-refractivity contribution in [1.82, 2.24) is 19.7 Å². The fourth-order valence-corrected chi connectivity index (χ4v) is 3.60. The molecule has 1 atom stereocenters. The summed E-state index contributed by atoms with van der Waals surface area (Å²) in [5.74, 6) is 1.19. The number of aryl methyl sites for hydroxylation is 1. The molecule has 0 bridgehead atoms. The number of nitrogens with zero attached hydrogens (tertiary/aromatic N) is 4. The maximum absolute atomic E-state index is 8.03. The van der Waals surface area contributed by atoms with Crippen LogP contribution in [-0.4, -0.2) is 26.4 Å². The minimum atomic E-state index is -0.0345. The van der Waals surface area contributed by atoms with Gasteiger partial charge in [0, 0.05) is 24.4 Å². The van der Waals surface area contributed by atoms with Crippen LogP contribution in [0.4, 0.5) is 0 Å². The van der Waals surface area contributed by atoms with Crippen molar-refractivity contribution in [2.75, 3.05) is 6.61 Å². The zero-order chi connectivity index (χ0) is 17.7. The van der Waals surface area contributed by atoms with Crippen molar-refractivity contribution in [3.63, 3.8) is 0 Å². The van der Waals surface area contributed by atoms with E-state index in [-0.39, 0.29) is 12.4 Å². The Balaban J connectivity index is 1.69. The fraction of sp³-hybridized carbons (Fsp3) is 0.450. The molecule has 1 unspecified atom stereocenters. The van der Waals surface area contributed by atoms with E-state index >= 15 is 0 Å². The van der Waals surface area contributed by atoms with Crippen LogP contribution >= 0.6 is 0 Å². The van der Waals surface area contributed by atoms with Gasteiger partial charge in [0.2, 0.25) is 0 Å². The summed E-state index contributed by atoms with van der Waals surface area (Å²) in [6.07, 6.45) is 7.68. The average molecular weight is 335 g/mol. The Bertz CT molecular complexity index is 973. The molecule has 0 radical (unpaired) electrons. The summed E-state index contributed by atoms with van der Waals surface area (Å²) in [4.78, 5) is 8.84. The molecule has 1 saturated carbocycles. The lowest BCUT2D eigenvalue weighted by atomic mass is 10.1. The summed E-state index contributed by atoms with van der Waals surface area (Å²) in [6, 6.07) is 6.62. The molecule has 3 heterocycles. The van der Waals surface area contributed by atoms with E-state index in [4.69, 9.17) is 11.2 Å². The van der Waals surface area contributed by atoms with Gasteiger partial charge in [0.1, 0.15) is 5.69 Å². The first-order chi connectivity index (χ1) is 12.7. The lowest BCUT2D eigenvalue weighted by Gasteiger charge is -2.23. The quantitative estimate of drug-likeness (QED) is 0.713. The van der Waals surface area contributed by atoms with Gasteiger partial charge in [0.15, 0.2) is 12.1 Å². The van der Waals surface area contributed by atoms with Gasteiger partial charge < -0.3 is 4.74 Å². The van der Waals surface area contributed by atoms with Gasteiger partial charge in [-0.3, -0.25) is 0 Å². The average Bonchev–Trinajstić information content (AvgIpc) is 3.45. The predicted molar refractivity (Wildman–Crippen MR) is 96.3 cm³/mol. The lowest BCUT2D eigenvalue weighted by molar-refractivity contribution is -0.0365. The first-order valence-corrected chi connectivity index (χ1v) is 9.15. The van der Waals surface area contributed by atoms with Crippen molar-refractivity contribution < 1.29 is 6.11 Å². The van der Waals surface area contributed by atoms with E-state index in [0.717, 1.165) is 48.0 Å². The first-order valence-electron chi connectivity index (χ1n) is 9.65. The number of benzene rings is 1. The van der Waals surface area contributed by atoms with Gasteiger partial charge in [0.05, 0.1) is 6.89 Å². The van der Waals surface area contributed by atoms with Gasteiger partial charge >= 0.3 is 0 Å². The van der Waals surface area contributed by atoms with Crippen molar-refractivity contribution in [2.45, 2.75) is 51.2 Å². The molecule has 3 aromatic rings. The van der Waals surface area contributed by atoms with Gasteiger partial charge in [-0.05, 0) is 68.2 Å². The Labute approximate surface area is 148 Å². The third-order valence-electron chi connectivity index (χ3n) is 5.14. The maximum atomic E-state index is 8.03. The highest BCUT2D eigenvalue weighted by atomic mass is 16.5. The van der Waals surface area contributed by atoms with E-state index in [9.17, 15) is 0 Å². The van der Waals surface area contributed by atoms with E-state index in [2.05, 4.69) is 28.2 Å². The second-order valence-electron chi connectivity index (χ2n) is 7.15. The minimum absolute atomic E-state index is 0.0345. The van der Waals surface area contributed by atoms with Gasteiger partial charge in [-0.15, -0.1) is 0 Å². The monoisotopic (exact) mass is 335 g/mol. The summed E-state index contributed by atoms with van der Waals surface area (Å²) >= 11 is 0. The molecule has 0 amide bonds. The minimum Gasteiger partial charge on any atom is -0.356 e. The summed E-state index contributed by atoms with van der Waals surface area (Å²) < 4.78 is 16.0. The van der Waals surface area contributed by atoms with Crippen LogP contribution in [0, 0.1) is 6.92 Å². The third kappa shape index (κ3) is 2.72. The topological polar surface area (TPSA) is 52.8 Å². The second kappa shape index (κ2) is 5.92. The van der Waals surface area contributed by atoms with E-state index in [1.165, 1.54) is 18.4 Å². The first kappa shape index (κ1) is 14.0. The highest BCUT2D eigenvalue weighted by molar-refractivity contribution is 5.92. The zero-order valence-electron chi connectivity index (χ0n) is 15.4. The van der Waals surface area contributed by atoms with Gasteiger partial charge in [-0.1, -0.05) is 6.07 Å². The van der Waals surface area contributed by atoms with Crippen LogP contribution in [0.15, 0.2) is 30.6 Å². The van der Waals surface area contributed by atoms with Crippen molar-refractivity contribution in [3.8, 4) is 11.5 Å². The largest absolute Gasteiger partial charge is 0.356 e. The molecule has 128 valence electrons. The molecular weight excluding hydrogens is 312 g/mol. The highest BCUT2D eigenvalue weighted by Crippen LogP contribution is 2.42. The SMILES string of the molecule is [2H]c1nc(-c2nn(C3CCCCO3)c3ccc(C4CC4)cc23)ncc1C. The van der Waals surface area contributed by atoms with Crippen LogP contribution in [0.3, 0.4) is 0 Å². The Morgan fingerprint density at radius 2 is 2.12 bits per heavy atom. The molecule has 1 aliphatic heterocycles. The normalized spacial score (nSPS) is 21.5. The Kier molecular flexibility index (Phi) is 3.30. The Morgan fingerprint density at radius 1 is 1.20 bits per heavy atom. The summed E-state index contributed by atoms with van der Waals surface area (Å²) in [6.45, 7) is 2.63. The number of aromatic nitrogens is 4. The van der Waals surface area contributed by atoms with Crippen molar-refractivity contribution in [2.24, 2.45) is 0 Å². The molecule has 1 aliphatic carbocycles. The number of rotatable bonds is 3. The van der Waals surface area contributed by atoms with E-state index < -0.39 is 0 Å². The van der Waals surface area contributed by atoms with Crippen LogP contribution in [0.1, 0.15) is 56.7 Å². The third-order valence-corrected chi connectivity index (χ3v) is 5.14. The molecule has 5 rings (SSSR count). The predicted octanol–water partition coefficient (Wildman–Crippen LogP) is 4.38. The van der Waals surface area contributed by atoms with Crippen molar-refractivity contribution in [3.05, 3.63) is 41.7 Å². The van der Waals surface area contributed by atoms with Crippen LogP contribution < -0.4 is 0 Å². The molecule has 25 heavy (non-hydrogen) atoms. The zero-order valence-corrected chi connectivity index (χ0v) is 14.4. The highest BCUT2D eigenvalue weighted by Gasteiger charge is 2.27. The number of ether oxygens (including phenoxy) is 1. The molecule has 2 aromatic heterocycles. The summed E-state index contributed by atoms with van der Waals surface area (Å²) in [7, 11) is 0. The molecule has 0 spiro atoms. The molecule has 5 heteroatoms. The molecular formula is C20H22N4O. The standard InChI is InChI=1S/C20H22N4O/c1-13-11-21-20(22-12-13)19-16-10-15(14-5-6-14)7-8-17(16)24(23-19)18-4-2-3-9-25-18/h7-8,10-12,14,18H,2-6,9H2,1H3/i11D. The van der Waals surface area contributed by atoms with Crippen LogP contribution in [0.2, 0.25) is 0 Å². The van der Waals surface area contributed by atoms with Gasteiger partial charge in [0.25, 0.3) is 0 Å². The Morgan fingerprint density at radius 3 is 2.88 bits per heavy atom. The fourth-order valence-electron chi connectivity index (χ4n) is 3.60. The molecule has 2 fully saturated rings. The van der Waals surface area contributed by atoms with Crippen LogP contribution in [0.25, 0.3) is 22.4 Å².